The van der Waals surface area contributed by atoms with Gasteiger partial charge in [0.05, 0.1) is 5.54 Å². The van der Waals surface area contributed by atoms with Gasteiger partial charge in [0.2, 0.25) is 0 Å². The average molecular weight is 113 g/mol. The Labute approximate surface area is 49.7 Å². The van der Waals surface area contributed by atoms with Crippen LogP contribution in [0.15, 0.2) is 0 Å². The van der Waals surface area contributed by atoms with Crippen molar-refractivity contribution in [1.29, 1.82) is 0 Å². The Morgan fingerprint density at radius 3 is 2.25 bits per heavy atom. The normalized spacial score (nSPS) is 10.0. The maximum Gasteiger partial charge on any atom is 0.104 e. The molecule has 0 saturated carbocycles. The van der Waals surface area contributed by atoms with Gasteiger partial charge in [-0.2, -0.15) is 0 Å². The van der Waals surface area contributed by atoms with Crippen LogP contribution >= 0.6 is 0 Å². The van der Waals surface area contributed by atoms with Crippen LogP contribution in [0.4, 0.5) is 0 Å². The van der Waals surface area contributed by atoms with Crippen LogP contribution in [0, 0.1) is 11.8 Å². The summed E-state index contributed by atoms with van der Waals surface area (Å²) in [7, 11) is 0. The molecule has 0 aliphatic carbocycles. The van der Waals surface area contributed by atoms with Crippen molar-refractivity contribution in [2.24, 2.45) is 5.73 Å². The molecule has 8 heavy (non-hydrogen) atoms. The van der Waals surface area contributed by atoms with Crippen LogP contribution in [0.2, 0.25) is 0 Å². The van der Waals surface area contributed by atoms with Crippen molar-refractivity contribution in [3.63, 3.8) is 0 Å². The zero-order chi connectivity index (χ0) is 6.62. The summed E-state index contributed by atoms with van der Waals surface area (Å²) < 4.78 is 0. The highest BCUT2D eigenvalue weighted by atomic mass is 16.2. The summed E-state index contributed by atoms with van der Waals surface area (Å²) in [5.41, 5.74) is 4.97. The van der Waals surface area contributed by atoms with E-state index in [-0.39, 0.29) is 6.61 Å². The largest absolute Gasteiger partial charge is 0.384 e. The molecule has 0 rings (SSSR count). The van der Waals surface area contributed by atoms with Crippen molar-refractivity contribution in [3.05, 3.63) is 0 Å². The molecule has 0 radical (unpaired) electrons. The third-order valence-corrected chi connectivity index (χ3v) is 0.490. The summed E-state index contributed by atoms with van der Waals surface area (Å²) in [6, 6.07) is 0. The van der Waals surface area contributed by atoms with Gasteiger partial charge in [-0.3, -0.25) is 0 Å². The summed E-state index contributed by atoms with van der Waals surface area (Å²) in [6.45, 7) is 3.46. The number of aliphatic hydroxyl groups is 1. The second-order valence-electron chi connectivity index (χ2n) is 2.18. The van der Waals surface area contributed by atoms with Gasteiger partial charge in [0.15, 0.2) is 0 Å². The number of hydrogen-bond acceptors (Lipinski definition) is 2. The van der Waals surface area contributed by atoms with Crippen molar-refractivity contribution in [2.75, 3.05) is 6.61 Å². The van der Waals surface area contributed by atoms with Crippen molar-refractivity contribution in [2.45, 2.75) is 19.4 Å². The molecule has 0 aromatic carbocycles. The van der Waals surface area contributed by atoms with Crippen LogP contribution in [-0.4, -0.2) is 17.3 Å². The quantitative estimate of drug-likeness (QED) is 0.424. The molecular weight excluding hydrogens is 102 g/mol. The van der Waals surface area contributed by atoms with Gasteiger partial charge in [-0.15, -0.1) is 0 Å². The first-order chi connectivity index (χ1) is 3.56. The summed E-state index contributed by atoms with van der Waals surface area (Å²) in [6.07, 6.45) is 0. The molecule has 0 aromatic rings. The molecule has 0 spiro atoms. The van der Waals surface area contributed by atoms with E-state index in [2.05, 4.69) is 11.8 Å². The van der Waals surface area contributed by atoms with Crippen LogP contribution in [0.1, 0.15) is 13.8 Å². The highest BCUT2D eigenvalue weighted by Gasteiger charge is 2.02. The lowest BCUT2D eigenvalue weighted by molar-refractivity contribution is 0.350. The summed E-state index contributed by atoms with van der Waals surface area (Å²) >= 11 is 0. The molecule has 3 N–H and O–H groups in total. The molecule has 0 atom stereocenters. The van der Waals surface area contributed by atoms with Crippen LogP contribution in [0.3, 0.4) is 0 Å². The minimum absolute atomic E-state index is 0.110. The van der Waals surface area contributed by atoms with Crippen molar-refractivity contribution >= 4 is 0 Å². The molecule has 0 aromatic heterocycles. The Bertz CT molecular complexity index is 113. The molecule has 0 unspecified atom stereocenters. The van der Waals surface area contributed by atoms with Gasteiger partial charge < -0.3 is 10.8 Å². The summed E-state index contributed by atoms with van der Waals surface area (Å²) in [5, 5.41) is 8.20. The molecule has 2 heteroatoms. The summed E-state index contributed by atoms with van der Waals surface area (Å²) in [4.78, 5) is 0. The third kappa shape index (κ3) is 5.48. The van der Waals surface area contributed by atoms with Gasteiger partial charge in [-0.05, 0) is 13.8 Å². The second-order valence-corrected chi connectivity index (χ2v) is 2.18. The van der Waals surface area contributed by atoms with E-state index < -0.39 is 5.54 Å². The molecule has 0 bridgehead atoms. The van der Waals surface area contributed by atoms with Crippen molar-refractivity contribution in [3.8, 4) is 11.8 Å². The van der Waals surface area contributed by atoms with Crippen LogP contribution in [0.5, 0.6) is 0 Å². The van der Waals surface area contributed by atoms with E-state index >= 15 is 0 Å². The van der Waals surface area contributed by atoms with E-state index in [1.54, 1.807) is 13.8 Å². The zero-order valence-corrected chi connectivity index (χ0v) is 5.23. The smallest absolute Gasteiger partial charge is 0.104 e. The SMILES string of the molecule is CC(C)(N)C#CCO. The lowest BCUT2D eigenvalue weighted by Gasteiger charge is -2.06. The molecule has 0 fully saturated rings. The molecule has 2 nitrogen and oxygen atoms in total. The van der Waals surface area contributed by atoms with E-state index in [1.165, 1.54) is 0 Å². The van der Waals surface area contributed by atoms with Gasteiger partial charge in [-0.1, -0.05) is 11.8 Å². The fraction of sp³-hybridized carbons (Fsp3) is 0.667. The van der Waals surface area contributed by atoms with E-state index in [4.69, 9.17) is 10.8 Å². The Balaban J connectivity index is 3.69. The third-order valence-electron chi connectivity index (χ3n) is 0.490. The second kappa shape index (κ2) is 2.71. The topological polar surface area (TPSA) is 46.2 Å². The van der Waals surface area contributed by atoms with E-state index in [9.17, 15) is 0 Å². The number of hydrogen-bond donors (Lipinski definition) is 2. The van der Waals surface area contributed by atoms with E-state index in [0.29, 0.717) is 0 Å². The molecule has 0 aliphatic rings. The number of aliphatic hydroxyl groups excluding tert-OH is 1. The Hall–Kier alpha value is -0.520. The predicted octanol–water partition coefficient (Wildman–Crippen LogP) is -0.281. The lowest BCUT2D eigenvalue weighted by Crippen LogP contribution is -2.29. The first-order valence-electron chi connectivity index (χ1n) is 2.46. The zero-order valence-electron chi connectivity index (χ0n) is 5.23. The van der Waals surface area contributed by atoms with Gasteiger partial charge in [0.1, 0.15) is 6.61 Å². The van der Waals surface area contributed by atoms with Gasteiger partial charge in [0, 0.05) is 0 Å². The molecule has 46 valence electrons. The number of nitrogens with two attached hydrogens (primary N) is 1. The highest BCUT2D eigenvalue weighted by molar-refractivity contribution is 5.12. The number of rotatable bonds is 0. The first kappa shape index (κ1) is 7.48. The summed E-state index contributed by atoms with van der Waals surface area (Å²) in [5.74, 6) is 5.12. The van der Waals surface area contributed by atoms with E-state index in [1.807, 2.05) is 0 Å². The van der Waals surface area contributed by atoms with Crippen molar-refractivity contribution in [1.82, 2.24) is 0 Å². The Morgan fingerprint density at radius 1 is 1.62 bits per heavy atom. The minimum atomic E-state index is -0.470. The molecule has 0 heterocycles. The van der Waals surface area contributed by atoms with Gasteiger partial charge in [0.25, 0.3) is 0 Å². The average Bonchev–Trinajstić information content (AvgIpc) is 1.59. The fourth-order valence-electron chi connectivity index (χ4n) is 0.267. The lowest BCUT2D eigenvalue weighted by atomic mass is 10.1. The first-order valence-corrected chi connectivity index (χ1v) is 2.46. The maximum absolute atomic E-state index is 8.20. The van der Waals surface area contributed by atoms with Crippen molar-refractivity contribution < 1.29 is 5.11 Å². The highest BCUT2D eigenvalue weighted by Crippen LogP contribution is 1.90. The van der Waals surface area contributed by atoms with Gasteiger partial charge in [-0.25, -0.2) is 0 Å². The predicted molar refractivity (Wildman–Crippen MR) is 33.1 cm³/mol. The van der Waals surface area contributed by atoms with Gasteiger partial charge >= 0.3 is 0 Å². The van der Waals surface area contributed by atoms with Crippen LogP contribution < -0.4 is 5.73 Å². The molecular formula is C6H11NO. The molecule has 0 amide bonds. The molecule has 0 aliphatic heterocycles. The molecule has 0 saturated heterocycles. The van der Waals surface area contributed by atoms with Crippen LogP contribution in [0.25, 0.3) is 0 Å². The van der Waals surface area contributed by atoms with E-state index in [0.717, 1.165) is 0 Å². The standard InChI is InChI=1S/C6H11NO/c1-6(2,7)4-3-5-8/h8H,5,7H2,1-2H3. The maximum atomic E-state index is 8.20. The Kier molecular flexibility index (Phi) is 2.53. The fourth-order valence-corrected chi connectivity index (χ4v) is 0.267. The minimum Gasteiger partial charge on any atom is -0.384 e. The Morgan fingerprint density at radius 2 is 2.12 bits per heavy atom. The monoisotopic (exact) mass is 113 g/mol. The van der Waals surface area contributed by atoms with Crippen LogP contribution in [-0.2, 0) is 0 Å².